The molecular weight excluding hydrogens is 364 g/mol. The van der Waals surface area contributed by atoms with E-state index in [0.717, 1.165) is 0 Å². The van der Waals surface area contributed by atoms with Crippen LogP contribution in [0.15, 0.2) is 78.9 Å². The van der Waals surface area contributed by atoms with Gasteiger partial charge < -0.3 is 10.4 Å². The van der Waals surface area contributed by atoms with Crippen LogP contribution in [0.2, 0.25) is 0 Å². The fraction of sp³-hybridized carbons (Fsp3) is 0. The molecule has 0 radical (unpaired) electrons. The Morgan fingerprint density at radius 2 is 1.14 bits per heavy atom. The number of nitrogens with one attached hydrogen (secondary N) is 1. The summed E-state index contributed by atoms with van der Waals surface area (Å²) in [7, 11) is 0. The van der Waals surface area contributed by atoms with Crippen molar-refractivity contribution in [1.29, 1.82) is 0 Å². The second-order valence-electron chi connectivity index (χ2n) is 5.94. The zero-order valence-corrected chi connectivity index (χ0v) is 14.5. The highest BCUT2D eigenvalue weighted by atomic mass is 19.1. The first-order chi connectivity index (χ1) is 13.4. The summed E-state index contributed by atoms with van der Waals surface area (Å²) < 4.78 is 26.5. The standard InChI is InChI=1S/C22H15F2NO3/c23-17-7-1-14(2-8-17)20(15-3-9-18(24)10-4-15)13-21(26)25-19-11-5-16(6-12-19)22(27)28/h1-13H,(H,25,26)(H,27,28). The van der Waals surface area contributed by atoms with Crippen molar-refractivity contribution < 1.29 is 23.5 Å². The van der Waals surface area contributed by atoms with Crippen LogP contribution < -0.4 is 5.32 Å². The van der Waals surface area contributed by atoms with Gasteiger partial charge in [0.05, 0.1) is 5.56 Å². The lowest BCUT2D eigenvalue weighted by Gasteiger charge is -2.10. The van der Waals surface area contributed by atoms with Crippen LogP contribution in [0, 0.1) is 11.6 Å². The zero-order valence-electron chi connectivity index (χ0n) is 14.5. The van der Waals surface area contributed by atoms with E-state index in [4.69, 9.17) is 5.11 Å². The predicted molar refractivity (Wildman–Crippen MR) is 102 cm³/mol. The zero-order chi connectivity index (χ0) is 20.1. The Morgan fingerprint density at radius 3 is 1.57 bits per heavy atom. The minimum atomic E-state index is -1.06. The molecule has 0 atom stereocenters. The number of carboxylic acids is 1. The Hall–Kier alpha value is -3.80. The number of halogens is 2. The number of aromatic carboxylic acids is 1. The number of carboxylic acid groups (broad SMARTS) is 1. The first-order valence-corrected chi connectivity index (χ1v) is 8.30. The normalized spacial score (nSPS) is 10.2. The van der Waals surface area contributed by atoms with Crippen molar-refractivity contribution in [2.45, 2.75) is 0 Å². The third-order valence-corrected chi connectivity index (χ3v) is 3.99. The Bertz CT molecular complexity index is 977. The molecule has 0 bridgehead atoms. The summed E-state index contributed by atoms with van der Waals surface area (Å²) in [5, 5.41) is 11.6. The summed E-state index contributed by atoms with van der Waals surface area (Å²) in [5.41, 5.74) is 2.18. The van der Waals surface area contributed by atoms with Crippen molar-refractivity contribution in [3.8, 4) is 0 Å². The summed E-state index contributed by atoms with van der Waals surface area (Å²) in [6.45, 7) is 0. The highest BCUT2D eigenvalue weighted by Crippen LogP contribution is 2.24. The van der Waals surface area contributed by atoms with Gasteiger partial charge in [0.2, 0.25) is 5.91 Å². The fourth-order valence-electron chi connectivity index (χ4n) is 2.60. The van der Waals surface area contributed by atoms with Gasteiger partial charge in [0.1, 0.15) is 11.6 Å². The van der Waals surface area contributed by atoms with Crippen LogP contribution in [-0.4, -0.2) is 17.0 Å². The van der Waals surface area contributed by atoms with Gasteiger partial charge in [-0.3, -0.25) is 4.79 Å². The van der Waals surface area contributed by atoms with Gasteiger partial charge in [0, 0.05) is 11.8 Å². The van der Waals surface area contributed by atoms with Gasteiger partial charge in [-0.25, -0.2) is 13.6 Å². The third-order valence-electron chi connectivity index (χ3n) is 3.99. The van der Waals surface area contributed by atoms with Crippen LogP contribution in [0.1, 0.15) is 21.5 Å². The van der Waals surface area contributed by atoms with Crippen LogP contribution in [0.3, 0.4) is 0 Å². The van der Waals surface area contributed by atoms with Gasteiger partial charge >= 0.3 is 5.97 Å². The van der Waals surface area contributed by atoms with Crippen molar-refractivity contribution in [2.75, 3.05) is 5.32 Å². The number of anilines is 1. The smallest absolute Gasteiger partial charge is 0.335 e. The van der Waals surface area contributed by atoms with Gasteiger partial charge in [-0.1, -0.05) is 24.3 Å². The molecular formula is C22H15F2NO3. The molecule has 0 aliphatic carbocycles. The SMILES string of the molecule is O=C(C=C(c1ccc(F)cc1)c1ccc(F)cc1)Nc1ccc(C(=O)O)cc1. The minimum absolute atomic E-state index is 0.104. The highest BCUT2D eigenvalue weighted by molar-refractivity contribution is 6.06. The molecule has 4 nitrogen and oxygen atoms in total. The topological polar surface area (TPSA) is 66.4 Å². The molecule has 2 N–H and O–H groups in total. The summed E-state index contributed by atoms with van der Waals surface area (Å²) in [5.74, 6) is -2.35. The average molecular weight is 379 g/mol. The number of carbonyl (C=O) groups is 2. The first kappa shape index (κ1) is 19.0. The molecule has 0 heterocycles. The maximum absolute atomic E-state index is 13.3. The van der Waals surface area contributed by atoms with E-state index in [2.05, 4.69) is 5.32 Å². The quantitative estimate of drug-likeness (QED) is 0.630. The van der Waals surface area contributed by atoms with E-state index in [-0.39, 0.29) is 5.56 Å². The molecule has 0 saturated heterocycles. The number of hydrogen-bond acceptors (Lipinski definition) is 2. The van der Waals surface area contributed by atoms with E-state index in [1.807, 2.05) is 0 Å². The van der Waals surface area contributed by atoms with E-state index < -0.39 is 23.5 Å². The Morgan fingerprint density at radius 1 is 0.714 bits per heavy atom. The Balaban J connectivity index is 1.91. The van der Waals surface area contributed by atoms with Gasteiger partial charge in [0.15, 0.2) is 0 Å². The molecule has 0 unspecified atom stereocenters. The number of benzene rings is 3. The van der Waals surface area contributed by atoms with Crippen molar-refractivity contribution >= 4 is 23.1 Å². The van der Waals surface area contributed by atoms with Gasteiger partial charge in [0.25, 0.3) is 0 Å². The molecule has 28 heavy (non-hydrogen) atoms. The van der Waals surface area contributed by atoms with E-state index >= 15 is 0 Å². The van der Waals surface area contributed by atoms with Gasteiger partial charge in [-0.15, -0.1) is 0 Å². The van der Waals surface area contributed by atoms with E-state index in [9.17, 15) is 18.4 Å². The van der Waals surface area contributed by atoms with Crippen molar-refractivity contribution in [2.24, 2.45) is 0 Å². The number of hydrogen-bond donors (Lipinski definition) is 2. The number of rotatable bonds is 5. The van der Waals surface area contributed by atoms with E-state index in [1.54, 1.807) is 0 Å². The Labute approximate surface area is 159 Å². The summed E-state index contributed by atoms with van der Waals surface area (Å²) in [6.07, 6.45) is 1.32. The van der Waals surface area contributed by atoms with Gasteiger partial charge in [-0.05, 0) is 65.2 Å². The number of carbonyl (C=O) groups excluding carboxylic acids is 1. The monoisotopic (exact) mass is 379 g/mol. The first-order valence-electron chi connectivity index (χ1n) is 8.30. The molecule has 0 fully saturated rings. The predicted octanol–water partition coefficient (Wildman–Crippen LogP) is 4.73. The third kappa shape index (κ3) is 4.67. The molecule has 3 aromatic rings. The van der Waals surface area contributed by atoms with E-state index in [0.29, 0.717) is 22.4 Å². The lowest BCUT2D eigenvalue weighted by Crippen LogP contribution is -2.09. The Kier molecular flexibility index (Phi) is 5.60. The molecule has 6 heteroatoms. The second kappa shape index (κ2) is 8.26. The molecule has 1 amide bonds. The van der Waals surface area contributed by atoms with Crippen LogP contribution in [0.25, 0.3) is 5.57 Å². The maximum Gasteiger partial charge on any atom is 0.335 e. The van der Waals surface area contributed by atoms with Crippen molar-refractivity contribution in [3.05, 3.63) is 107 Å². The fourth-order valence-corrected chi connectivity index (χ4v) is 2.60. The lowest BCUT2D eigenvalue weighted by molar-refractivity contribution is -0.111. The highest BCUT2D eigenvalue weighted by Gasteiger charge is 2.10. The lowest BCUT2D eigenvalue weighted by atomic mass is 9.97. The van der Waals surface area contributed by atoms with Crippen molar-refractivity contribution in [3.63, 3.8) is 0 Å². The maximum atomic E-state index is 13.3. The summed E-state index contributed by atoms with van der Waals surface area (Å²) >= 11 is 0. The van der Waals surface area contributed by atoms with Crippen LogP contribution in [0.4, 0.5) is 14.5 Å². The molecule has 0 aliphatic rings. The van der Waals surface area contributed by atoms with Crippen molar-refractivity contribution in [1.82, 2.24) is 0 Å². The molecule has 140 valence electrons. The number of amides is 1. The molecule has 0 aromatic heterocycles. The molecule has 0 aliphatic heterocycles. The molecule has 3 rings (SSSR count). The van der Waals surface area contributed by atoms with Crippen LogP contribution in [-0.2, 0) is 4.79 Å². The van der Waals surface area contributed by atoms with E-state index in [1.165, 1.54) is 78.9 Å². The summed E-state index contributed by atoms with van der Waals surface area (Å²) in [6, 6.07) is 16.9. The van der Waals surface area contributed by atoms with Gasteiger partial charge in [-0.2, -0.15) is 0 Å². The van der Waals surface area contributed by atoms with Crippen LogP contribution in [0.5, 0.6) is 0 Å². The minimum Gasteiger partial charge on any atom is -0.478 e. The largest absolute Gasteiger partial charge is 0.478 e. The second-order valence-corrected chi connectivity index (χ2v) is 5.94. The molecule has 3 aromatic carbocycles. The average Bonchev–Trinajstić information content (AvgIpc) is 2.68. The molecule has 0 spiro atoms. The molecule has 0 saturated carbocycles. The summed E-state index contributed by atoms with van der Waals surface area (Å²) in [4.78, 5) is 23.4. The van der Waals surface area contributed by atoms with Crippen LogP contribution >= 0.6 is 0 Å².